The number of carboxylic acid groups (broad SMARTS) is 1. The highest BCUT2D eigenvalue weighted by molar-refractivity contribution is 7.87. The fraction of sp³-hybridized carbons (Fsp3) is 0.909. The molecule has 0 radical (unpaired) electrons. The van der Waals surface area contributed by atoms with Gasteiger partial charge >= 0.3 is 5.97 Å². The fourth-order valence-electron chi connectivity index (χ4n) is 2.09. The normalized spacial score (nSPS) is 24.9. The summed E-state index contributed by atoms with van der Waals surface area (Å²) in [6, 6.07) is -0.664. The highest BCUT2D eigenvalue weighted by atomic mass is 32.2. The molecule has 1 fully saturated rings. The molecule has 0 aliphatic carbocycles. The van der Waals surface area contributed by atoms with E-state index in [1.54, 1.807) is 27.7 Å². The summed E-state index contributed by atoms with van der Waals surface area (Å²) in [4.78, 5) is 11.1. The van der Waals surface area contributed by atoms with Gasteiger partial charge in [-0.05, 0) is 20.8 Å². The first-order valence-corrected chi connectivity index (χ1v) is 7.64. The second-order valence-electron chi connectivity index (χ2n) is 5.61. The van der Waals surface area contributed by atoms with Crippen molar-refractivity contribution in [2.24, 2.45) is 5.92 Å². The second kappa shape index (κ2) is 5.74. The molecular weight excluding hydrogens is 272 g/mol. The van der Waals surface area contributed by atoms with E-state index >= 15 is 0 Å². The van der Waals surface area contributed by atoms with Crippen molar-refractivity contribution < 1.29 is 23.1 Å². The minimum Gasteiger partial charge on any atom is -0.481 e. The molecule has 19 heavy (non-hydrogen) atoms. The van der Waals surface area contributed by atoms with Gasteiger partial charge in [-0.15, -0.1) is 0 Å². The van der Waals surface area contributed by atoms with Crippen LogP contribution in [0.4, 0.5) is 0 Å². The largest absolute Gasteiger partial charge is 0.481 e. The third-order valence-corrected chi connectivity index (χ3v) is 4.81. The standard InChI is InChI=1S/C11H22N2O5S/c1-5-13(19(16,17)12-11(2,3)4)9-7-18-6-8(9)10(14)15/h8-9,12H,5-7H2,1-4H3,(H,14,15). The molecule has 0 aromatic heterocycles. The van der Waals surface area contributed by atoms with Gasteiger partial charge < -0.3 is 9.84 Å². The van der Waals surface area contributed by atoms with Crippen LogP contribution in [0, 0.1) is 5.92 Å². The van der Waals surface area contributed by atoms with Crippen molar-refractivity contribution in [3.05, 3.63) is 0 Å². The van der Waals surface area contributed by atoms with Crippen molar-refractivity contribution in [3.8, 4) is 0 Å². The Hall–Kier alpha value is -0.700. The number of hydrogen-bond acceptors (Lipinski definition) is 4. The number of carbonyl (C=O) groups is 1. The van der Waals surface area contributed by atoms with Gasteiger partial charge in [0.1, 0.15) is 0 Å². The maximum absolute atomic E-state index is 12.3. The Bertz CT molecular complexity index is 429. The number of hydrogen-bond donors (Lipinski definition) is 2. The average Bonchev–Trinajstić information content (AvgIpc) is 2.62. The van der Waals surface area contributed by atoms with Gasteiger partial charge in [0.2, 0.25) is 0 Å². The van der Waals surface area contributed by atoms with Crippen molar-refractivity contribution in [2.45, 2.75) is 39.3 Å². The van der Waals surface area contributed by atoms with Crippen LogP contribution in [-0.2, 0) is 19.7 Å². The molecule has 0 aromatic carbocycles. The summed E-state index contributed by atoms with van der Waals surface area (Å²) in [6.45, 7) is 7.23. The van der Waals surface area contributed by atoms with E-state index in [0.717, 1.165) is 0 Å². The predicted octanol–water partition coefficient (Wildman–Crippen LogP) is 0.0408. The molecule has 0 bridgehead atoms. The van der Waals surface area contributed by atoms with Gasteiger partial charge in [0, 0.05) is 12.1 Å². The molecule has 0 spiro atoms. The molecule has 8 heteroatoms. The van der Waals surface area contributed by atoms with E-state index in [1.807, 2.05) is 0 Å². The molecule has 2 atom stereocenters. The Labute approximate surface area is 114 Å². The monoisotopic (exact) mass is 294 g/mol. The van der Waals surface area contributed by atoms with Crippen LogP contribution in [0.2, 0.25) is 0 Å². The molecule has 0 aromatic rings. The van der Waals surface area contributed by atoms with Gasteiger partial charge in [-0.2, -0.15) is 17.4 Å². The Morgan fingerprint density at radius 2 is 2.00 bits per heavy atom. The van der Waals surface area contributed by atoms with Gasteiger partial charge in [-0.3, -0.25) is 4.79 Å². The van der Waals surface area contributed by atoms with Gasteiger partial charge in [-0.1, -0.05) is 6.92 Å². The molecule has 1 aliphatic rings. The van der Waals surface area contributed by atoms with Gasteiger partial charge in [0.25, 0.3) is 10.2 Å². The maximum atomic E-state index is 12.3. The SMILES string of the molecule is CCN(C1COCC1C(=O)O)S(=O)(=O)NC(C)(C)C. The molecule has 7 nitrogen and oxygen atoms in total. The first-order valence-electron chi connectivity index (χ1n) is 6.20. The molecule has 112 valence electrons. The van der Waals surface area contributed by atoms with Crippen LogP contribution in [-0.4, -0.2) is 55.1 Å². The van der Waals surface area contributed by atoms with Crippen LogP contribution >= 0.6 is 0 Å². The van der Waals surface area contributed by atoms with E-state index in [1.165, 1.54) is 4.31 Å². The highest BCUT2D eigenvalue weighted by Gasteiger charge is 2.42. The van der Waals surface area contributed by atoms with Gasteiger partial charge in [0.05, 0.1) is 25.2 Å². The molecule has 1 heterocycles. The summed E-state index contributed by atoms with van der Waals surface area (Å²) in [5.41, 5.74) is -0.621. The molecule has 0 amide bonds. The highest BCUT2D eigenvalue weighted by Crippen LogP contribution is 2.22. The quantitative estimate of drug-likeness (QED) is 0.746. The summed E-state index contributed by atoms with van der Waals surface area (Å²) in [6.07, 6.45) is 0. The summed E-state index contributed by atoms with van der Waals surface area (Å²) in [5, 5.41) is 9.10. The minimum atomic E-state index is -3.74. The molecule has 0 saturated carbocycles. The number of nitrogens with one attached hydrogen (secondary N) is 1. The zero-order valence-electron chi connectivity index (χ0n) is 11.7. The molecule has 1 aliphatic heterocycles. The molecular formula is C11H22N2O5S. The first-order chi connectivity index (χ1) is 8.58. The molecule has 2 N–H and O–H groups in total. The Morgan fingerprint density at radius 1 is 1.42 bits per heavy atom. The van der Waals surface area contributed by atoms with Crippen LogP contribution in [0.15, 0.2) is 0 Å². The van der Waals surface area contributed by atoms with Crippen LogP contribution < -0.4 is 4.72 Å². The average molecular weight is 294 g/mol. The van der Waals surface area contributed by atoms with E-state index < -0.39 is 33.7 Å². The van der Waals surface area contributed by atoms with Crippen molar-refractivity contribution in [2.75, 3.05) is 19.8 Å². The predicted molar refractivity (Wildman–Crippen MR) is 69.9 cm³/mol. The maximum Gasteiger partial charge on any atom is 0.310 e. The number of nitrogens with zero attached hydrogens (tertiary/aromatic N) is 1. The Morgan fingerprint density at radius 3 is 2.42 bits per heavy atom. The summed E-state index contributed by atoms with van der Waals surface area (Å²) < 4.78 is 33.4. The van der Waals surface area contributed by atoms with Crippen molar-refractivity contribution in [3.63, 3.8) is 0 Å². The Kier molecular flexibility index (Phi) is 4.94. The number of likely N-dealkylation sites (N-methyl/N-ethyl adjacent to an activating group) is 1. The zero-order valence-corrected chi connectivity index (χ0v) is 12.5. The van der Waals surface area contributed by atoms with Crippen LogP contribution in [0.25, 0.3) is 0 Å². The molecule has 1 saturated heterocycles. The summed E-state index contributed by atoms with van der Waals surface area (Å²) >= 11 is 0. The van der Waals surface area contributed by atoms with Crippen LogP contribution in [0.3, 0.4) is 0 Å². The van der Waals surface area contributed by atoms with Crippen LogP contribution in [0.1, 0.15) is 27.7 Å². The van der Waals surface area contributed by atoms with Crippen molar-refractivity contribution in [1.29, 1.82) is 0 Å². The van der Waals surface area contributed by atoms with E-state index in [4.69, 9.17) is 9.84 Å². The lowest BCUT2D eigenvalue weighted by Crippen LogP contribution is -2.54. The van der Waals surface area contributed by atoms with Crippen LogP contribution in [0.5, 0.6) is 0 Å². The van der Waals surface area contributed by atoms with Crippen molar-refractivity contribution >= 4 is 16.2 Å². The molecule has 2 unspecified atom stereocenters. The smallest absolute Gasteiger partial charge is 0.310 e. The number of carboxylic acids is 1. The van der Waals surface area contributed by atoms with E-state index in [9.17, 15) is 13.2 Å². The number of aliphatic carboxylic acids is 1. The van der Waals surface area contributed by atoms with Gasteiger partial charge in [-0.25, -0.2) is 0 Å². The number of ether oxygens (including phenoxy) is 1. The third-order valence-electron chi connectivity index (χ3n) is 2.79. The van der Waals surface area contributed by atoms with E-state index in [-0.39, 0.29) is 19.8 Å². The van der Waals surface area contributed by atoms with Crippen molar-refractivity contribution in [1.82, 2.24) is 9.03 Å². The Balaban J connectivity index is 2.97. The zero-order chi connectivity index (χ0) is 14.8. The lowest BCUT2D eigenvalue weighted by atomic mass is 10.0. The van der Waals surface area contributed by atoms with E-state index in [2.05, 4.69) is 4.72 Å². The first kappa shape index (κ1) is 16.4. The summed E-state index contributed by atoms with van der Waals surface area (Å²) in [5.74, 6) is -1.86. The minimum absolute atomic E-state index is 0.0432. The summed E-state index contributed by atoms with van der Waals surface area (Å²) in [7, 11) is -3.74. The fourth-order valence-corrected chi connectivity index (χ4v) is 3.89. The third kappa shape index (κ3) is 4.13. The van der Waals surface area contributed by atoms with Gasteiger partial charge in [0.15, 0.2) is 0 Å². The second-order valence-corrected chi connectivity index (χ2v) is 7.23. The topological polar surface area (TPSA) is 95.9 Å². The molecule has 1 rings (SSSR count). The lowest BCUT2D eigenvalue weighted by molar-refractivity contribution is -0.142. The number of rotatable bonds is 5. The van der Waals surface area contributed by atoms with E-state index in [0.29, 0.717) is 0 Å². The lowest BCUT2D eigenvalue weighted by Gasteiger charge is -2.31.